The number of hydrogen-bond acceptors (Lipinski definition) is 5. The molecule has 1 amide bonds. The van der Waals surface area contributed by atoms with Crippen molar-refractivity contribution in [2.45, 2.75) is 23.9 Å². The number of anilines is 1. The van der Waals surface area contributed by atoms with Gasteiger partial charge in [0, 0.05) is 11.3 Å². The molecule has 1 heterocycles. The summed E-state index contributed by atoms with van der Waals surface area (Å²) < 4.78 is 14.3. The molecule has 2 aromatic carbocycles. The summed E-state index contributed by atoms with van der Waals surface area (Å²) >= 11 is 2.67. The van der Waals surface area contributed by atoms with Gasteiger partial charge in [0.05, 0.1) is 0 Å². The number of rotatable bonds is 5. The number of carbonyl (C=O) groups excluding carboxylic acids is 1. The normalized spacial score (nSPS) is 10.7. The van der Waals surface area contributed by atoms with Crippen molar-refractivity contribution in [3.05, 3.63) is 70.5 Å². The summed E-state index contributed by atoms with van der Waals surface area (Å²) in [6.45, 7) is 3.90. The fourth-order valence-corrected chi connectivity index (χ4v) is 4.08. The first-order valence-corrected chi connectivity index (χ1v) is 9.41. The second-order valence-electron chi connectivity index (χ2n) is 5.58. The molecule has 0 spiro atoms. The van der Waals surface area contributed by atoms with Crippen molar-refractivity contribution >= 4 is 34.1 Å². The highest BCUT2D eigenvalue weighted by Crippen LogP contribution is 2.29. The lowest BCUT2D eigenvalue weighted by Gasteiger charge is -2.04. The maximum absolute atomic E-state index is 13.6. The fraction of sp³-hybridized carbons (Fsp3) is 0.167. The van der Waals surface area contributed by atoms with Crippen LogP contribution in [0.15, 0.2) is 46.8 Å². The topological polar surface area (TPSA) is 54.9 Å². The molecule has 0 unspecified atom stereocenters. The molecule has 1 N–H and O–H groups in total. The Labute approximate surface area is 153 Å². The Kier molecular flexibility index (Phi) is 5.45. The number of aryl methyl sites for hydroxylation is 2. The van der Waals surface area contributed by atoms with Crippen LogP contribution in [0.2, 0.25) is 0 Å². The molecule has 25 heavy (non-hydrogen) atoms. The second kappa shape index (κ2) is 7.76. The minimum absolute atomic E-state index is 0.214. The van der Waals surface area contributed by atoms with Crippen molar-refractivity contribution in [2.75, 3.05) is 5.32 Å². The summed E-state index contributed by atoms with van der Waals surface area (Å²) in [6, 6.07) is 12.3. The summed E-state index contributed by atoms with van der Waals surface area (Å²) in [5, 5.41) is 11.2. The van der Waals surface area contributed by atoms with Crippen LogP contribution in [0, 0.1) is 19.7 Å². The van der Waals surface area contributed by atoms with E-state index in [9.17, 15) is 9.18 Å². The maximum atomic E-state index is 13.6. The first-order chi connectivity index (χ1) is 12.0. The molecule has 0 radical (unpaired) electrons. The number of aromatic nitrogens is 2. The van der Waals surface area contributed by atoms with Crippen molar-refractivity contribution in [1.82, 2.24) is 10.2 Å². The number of halogens is 1. The molecule has 3 rings (SSSR count). The minimum atomic E-state index is -0.233. The average molecular weight is 373 g/mol. The van der Waals surface area contributed by atoms with Crippen LogP contribution in [0.4, 0.5) is 9.52 Å². The first-order valence-electron chi connectivity index (χ1n) is 7.60. The van der Waals surface area contributed by atoms with Crippen LogP contribution in [-0.4, -0.2) is 16.1 Å². The number of thioether (sulfide) groups is 1. The van der Waals surface area contributed by atoms with Crippen LogP contribution in [0.3, 0.4) is 0 Å². The van der Waals surface area contributed by atoms with Crippen molar-refractivity contribution < 1.29 is 9.18 Å². The standard InChI is InChI=1S/C18H16FN3OS2/c1-11-7-12(2)9-14(8-11)16(23)20-17-21-22-18(25-17)24-10-13-5-3-4-6-15(13)19/h3-9H,10H2,1-2H3,(H,20,21,23). The molecule has 0 fully saturated rings. The Balaban J connectivity index is 1.63. The van der Waals surface area contributed by atoms with E-state index in [0.717, 1.165) is 11.1 Å². The molecule has 0 atom stereocenters. The third-order valence-corrected chi connectivity index (χ3v) is 5.44. The largest absolute Gasteiger partial charge is 0.296 e. The zero-order chi connectivity index (χ0) is 17.8. The third-order valence-electron chi connectivity index (χ3n) is 3.42. The zero-order valence-electron chi connectivity index (χ0n) is 13.7. The van der Waals surface area contributed by atoms with Crippen molar-refractivity contribution in [3.8, 4) is 0 Å². The number of nitrogens with zero attached hydrogens (tertiary/aromatic N) is 2. The smallest absolute Gasteiger partial charge is 0.257 e. The molecule has 128 valence electrons. The predicted molar refractivity (Wildman–Crippen MR) is 99.7 cm³/mol. The minimum Gasteiger partial charge on any atom is -0.296 e. The van der Waals surface area contributed by atoms with Gasteiger partial charge in [0.2, 0.25) is 5.13 Å². The SMILES string of the molecule is Cc1cc(C)cc(C(=O)Nc2nnc(SCc3ccccc3F)s2)c1. The number of hydrogen-bond donors (Lipinski definition) is 1. The van der Waals surface area contributed by atoms with Gasteiger partial charge in [-0.05, 0) is 37.6 Å². The second-order valence-corrected chi connectivity index (χ2v) is 7.78. The summed E-state index contributed by atoms with van der Waals surface area (Å²) in [7, 11) is 0. The molecule has 1 aromatic heterocycles. The van der Waals surface area contributed by atoms with E-state index in [4.69, 9.17) is 0 Å². The van der Waals surface area contributed by atoms with Gasteiger partial charge in [-0.1, -0.05) is 58.5 Å². The van der Waals surface area contributed by atoms with E-state index in [1.54, 1.807) is 18.2 Å². The van der Waals surface area contributed by atoms with Gasteiger partial charge >= 0.3 is 0 Å². The lowest BCUT2D eigenvalue weighted by Crippen LogP contribution is -2.12. The quantitative estimate of drug-likeness (QED) is 0.514. The van der Waals surface area contributed by atoms with E-state index < -0.39 is 0 Å². The van der Waals surface area contributed by atoms with E-state index in [1.807, 2.05) is 32.0 Å². The fourth-order valence-electron chi connectivity index (χ4n) is 2.35. The van der Waals surface area contributed by atoms with E-state index in [0.29, 0.717) is 26.4 Å². The Bertz CT molecular complexity index is 891. The molecule has 0 saturated carbocycles. The van der Waals surface area contributed by atoms with Crippen molar-refractivity contribution in [2.24, 2.45) is 0 Å². The van der Waals surface area contributed by atoms with Gasteiger partial charge < -0.3 is 0 Å². The van der Waals surface area contributed by atoms with Gasteiger partial charge in [-0.2, -0.15) is 0 Å². The molecule has 7 heteroatoms. The van der Waals surface area contributed by atoms with Crippen molar-refractivity contribution in [3.63, 3.8) is 0 Å². The summed E-state index contributed by atoms with van der Waals surface area (Å²) in [4.78, 5) is 12.3. The molecule has 0 aliphatic carbocycles. The van der Waals surface area contributed by atoms with Crippen LogP contribution in [-0.2, 0) is 5.75 Å². The van der Waals surface area contributed by atoms with Gasteiger partial charge in [-0.15, -0.1) is 10.2 Å². The first kappa shape index (κ1) is 17.6. The van der Waals surface area contributed by atoms with Crippen LogP contribution in [0.25, 0.3) is 0 Å². The third kappa shape index (κ3) is 4.64. The summed E-state index contributed by atoms with van der Waals surface area (Å²) in [5.74, 6) is 0.0169. The van der Waals surface area contributed by atoms with Gasteiger partial charge in [0.1, 0.15) is 5.82 Å². The van der Waals surface area contributed by atoms with Crippen LogP contribution in [0.5, 0.6) is 0 Å². The van der Waals surface area contributed by atoms with Crippen molar-refractivity contribution in [1.29, 1.82) is 0 Å². The predicted octanol–water partition coefficient (Wildman–Crippen LogP) is 4.84. The highest BCUT2D eigenvalue weighted by atomic mass is 32.2. The van der Waals surface area contributed by atoms with Crippen LogP contribution in [0.1, 0.15) is 27.0 Å². The Hall–Kier alpha value is -2.25. The maximum Gasteiger partial charge on any atom is 0.257 e. The molecular weight excluding hydrogens is 357 g/mol. The molecule has 3 aromatic rings. The monoisotopic (exact) mass is 373 g/mol. The van der Waals surface area contributed by atoms with Gasteiger partial charge in [-0.25, -0.2) is 4.39 Å². The molecular formula is C18H16FN3OS2. The zero-order valence-corrected chi connectivity index (χ0v) is 15.4. The Morgan fingerprint density at radius 2 is 1.88 bits per heavy atom. The van der Waals surface area contributed by atoms with E-state index in [1.165, 1.54) is 29.2 Å². The Morgan fingerprint density at radius 1 is 1.16 bits per heavy atom. The highest BCUT2D eigenvalue weighted by molar-refractivity contribution is 8.00. The van der Waals surface area contributed by atoms with Gasteiger partial charge in [-0.3, -0.25) is 10.1 Å². The highest BCUT2D eigenvalue weighted by Gasteiger charge is 2.12. The molecule has 0 aliphatic rings. The Morgan fingerprint density at radius 3 is 2.60 bits per heavy atom. The lowest BCUT2D eigenvalue weighted by atomic mass is 10.1. The molecule has 0 aliphatic heterocycles. The van der Waals surface area contributed by atoms with E-state index in [-0.39, 0.29) is 11.7 Å². The van der Waals surface area contributed by atoms with Gasteiger partial charge in [0.25, 0.3) is 5.91 Å². The van der Waals surface area contributed by atoms with Crippen LogP contribution < -0.4 is 5.32 Å². The lowest BCUT2D eigenvalue weighted by molar-refractivity contribution is 0.102. The van der Waals surface area contributed by atoms with Gasteiger partial charge in [0.15, 0.2) is 4.34 Å². The van der Waals surface area contributed by atoms with Crippen LogP contribution >= 0.6 is 23.1 Å². The molecule has 0 bridgehead atoms. The summed E-state index contributed by atoms with van der Waals surface area (Å²) in [5.41, 5.74) is 3.27. The van der Waals surface area contributed by atoms with E-state index in [2.05, 4.69) is 15.5 Å². The molecule has 0 saturated heterocycles. The number of benzene rings is 2. The summed E-state index contributed by atoms with van der Waals surface area (Å²) in [6.07, 6.45) is 0. The average Bonchev–Trinajstić information content (AvgIpc) is 3.00. The molecule has 4 nitrogen and oxygen atoms in total. The van der Waals surface area contributed by atoms with E-state index >= 15 is 0 Å². The number of amides is 1. The number of nitrogens with one attached hydrogen (secondary N) is 1. The number of carbonyl (C=O) groups is 1.